The van der Waals surface area contributed by atoms with Crippen molar-refractivity contribution in [2.24, 2.45) is 0 Å². The van der Waals surface area contributed by atoms with Crippen LogP contribution in [0.5, 0.6) is 0 Å². The number of halogens is 1. The number of hydrogen-bond donors (Lipinski definition) is 1. The lowest BCUT2D eigenvalue weighted by Gasteiger charge is -2.32. The minimum Gasteiger partial charge on any atom is -0.465 e. The Labute approximate surface area is 138 Å². The second-order valence-electron chi connectivity index (χ2n) is 5.54. The molecule has 23 heavy (non-hydrogen) atoms. The van der Waals surface area contributed by atoms with Crippen LogP contribution < -0.4 is 0 Å². The Morgan fingerprint density at radius 3 is 2.78 bits per heavy atom. The van der Waals surface area contributed by atoms with Crippen LogP contribution >= 0.6 is 11.6 Å². The number of aromatic nitrogens is 2. The first-order valence-corrected chi connectivity index (χ1v) is 7.70. The number of nitrogens with zero attached hydrogens (tertiary/aromatic N) is 4. The molecule has 1 saturated heterocycles. The van der Waals surface area contributed by atoms with Gasteiger partial charge in [-0.15, -0.1) is 0 Å². The van der Waals surface area contributed by atoms with Gasteiger partial charge in [0.25, 0.3) is 5.89 Å². The molecule has 1 fully saturated rings. The van der Waals surface area contributed by atoms with Gasteiger partial charge in [-0.3, -0.25) is 4.90 Å². The van der Waals surface area contributed by atoms with E-state index >= 15 is 0 Å². The molecule has 3 rings (SSSR count). The summed E-state index contributed by atoms with van der Waals surface area (Å²) in [6, 6.07) is 5.64. The molecule has 0 unspecified atom stereocenters. The third kappa shape index (κ3) is 3.62. The van der Waals surface area contributed by atoms with Gasteiger partial charge in [-0.2, -0.15) is 4.98 Å². The first-order valence-electron chi connectivity index (χ1n) is 7.32. The van der Waals surface area contributed by atoms with Gasteiger partial charge in [-0.1, -0.05) is 28.4 Å². The van der Waals surface area contributed by atoms with Gasteiger partial charge in [0.05, 0.1) is 17.1 Å². The smallest absolute Gasteiger partial charge is 0.407 e. The fourth-order valence-corrected chi connectivity index (χ4v) is 2.73. The lowest BCUT2D eigenvalue weighted by atomic mass is 10.1. The van der Waals surface area contributed by atoms with E-state index in [9.17, 15) is 4.79 Å². The maximum absolute atomic E-state index is 10.9. The van der Waals surface area contributed by atoms with E-state index in [0.717, 1.165) is 11.1 Å². The van der Waals surface area contributed by atoms with Crippen molar-refractivity contribution in [2.45, 2.75) is 13.5 Å². The maximum atomic E-state index is 10.9. The minimum absolute atomic E-state index is 0.401. The van der Waals surface area contributed by atoms with Crippen LogP contribution in [0, 0.1) is 6.92 Å². The van der Waals surface area contributed by atoms with Gasteiger partial charge < -0.3 is 14.5 Å². The third-order valence-electron chi connectivity index (χ3n) is 3.83. The Kier molecular flexibility index (Phi) is 4.49. The van der Waals surface area contributed by atoms with Gasteiger partial charge in [0, 0.05) is 26.2 Å². The summed E-state index contributed by atoms with van der Waals surface area (Å²) >= 11 is 6.18. The predicted molar refractivity (Wildman–Crippen MR) is 84.4 cm³/mol. The largest absolute Gasteiger partial charge is 0.465 e. The van der Waals surface area contributed by atoms with Crippen LogP contribution in [0.2, 0.25) is 5.02 Å². The molecule has 1 amide bonds. The third-order valence-corrected chi connectivity index (χ3v) is 4.16. The first-order chi connectivity index (χ1) is 11.0. The van der Waals surface area contributed by atoms with E-state index in [1.807, 2.05) is 19.1 Å². The number of amides is 1. The molecule has 0 bridgehead atoms. The number of benzene rings is 1. The van der Waals surface area contributed by atoms with Crippen LogP contribution in [0.25, 0.3) is 11.5 Å². The average Bonchev–Trinajstić information content (AvgIpc) is 2.98. The summed E-state index contributed by atoms with van der Waals surface area (Å²) in [7, 11) is 0. The molecule has 2 heterocycles. The molecule has 1 aliphatic rings. The van der Waals surface area contributed by atoms with Crippen molar-refractivity contribution in [1.82, 2.24) is 19.9 Å². The lowest BCUT2D eigenvalue weighted by molar-refractivity contribution is 0.101. The van der Waals surface area contributed by atoms with E-state index in [4.69, 9.17) is 21.2 Å². The number of carbonyl (C=O) groups is 1. The maximum Gasteiger partial charge on any atom is 0.407 e. The Morgan fingerprint density at radius 2 is 2.09 bits per heavy atom. The van der Waals surface area contributed by atoms with Crippen molar-refractivity contribution in [3.05, 3.63) is 34.6 Å². The molecule has 0 saturated carbocycles. The standard InChI is InChI=1S/C15H17ClN4O3/c1-10-2-3-12(16)11(8-10)14-17-13(18-23-14)9-19-4-6-20(7-5-19)15(21)22/h2-3,8H,4-7,9H2,1H3,(H,21,22). The zero-order chi connectivity index (χ0) is 16.4. The summed E-state index contributed by atoms with van der Waals surface area (Å²) in [6.45, 7) is 4.79. The molecule has 0 aliphatic carbocycles. The number of hydrogen-bond acceptors (Lipinski definition) is 5. The second-order valence-corrected chi connectivity index (χ2v) is 5.95. The van der Waals surface area contributed by atoms with Gasteiger partial charge in [-0.25, -0.2) is 4.79 Å². The number of aryl methyl sites for hydroxylation is 1. The highest BCUT2D eigenvalue weighted by Gasteiger charge is 2.22. The van der Waals surface area contributed by atoms with Gasteiger partial charge >= 0.3 is 6.09 Å². The fraction of sp³-hybridized carbons (Fsp3) is 0.400. The molecule has 1 N–H and O–H groups in total. The SMILES string of the molecule is Cc1ccc(Cl)c(-c2nc(CN3CCN(C(=O)O)CC3)no2)c1. The zero-order valence-corrected chi connectivity index (χ0v) is 13.5. The molecule has 7 nitrogen and oxygen atoms in total. The Balaban J connectivity index is 1.66. The van der Waals surface area contributed by atoms with E-state index in [1.54, 1.807) is 6.07 Å². The van der Waals surface area contributed by atoms with Crippen LogP contribution in [0.3, 0.4) is 0 Å². The van der Waals surface area contributed by atoms with Gasteiger partial charge in [0.1, 0.15) is 0 Å². The van der Waals surface area contributed by atoms with Crippen molar-refractivity contribution >= 4 is 17.7 Å². The Bertz CT molecular complexity index is 710. The van der Waals surface area contributed by atoms with E-state index < -0.39 is 6.09 Å². The van der Waals surface area contributed by atoms with Crippen LogP contribution in [0.15, 0.2) is 22.7 Å². The molecule has 0 atom stereocenters. The highest BCUT2D eigenvalue weighted by atomic mass is 35.5. The summed E-state index contributed by atoms with van der Waals surface area (Å²) in [6.07, 6.45) is -0.874. The molecule has 2 aromatic rings. The molecular formula is C15H17ClN4O3. The normalized spacial score (nSPS) is 15.8. The minimum atomic E-state index is -0.874. The molecule has 122 valence electrons. The van der Waals surface area contributed by atoms with E-state index in [1.165, 1.54) is 4.90 Å². The van der Waals surface area contributed by atoms with Gasteiger partial charge in [-0.05, 0) is 19.1 Å². The van der Waals surface area contributed by atoms with E-state index in [2.05, 4.69) is 15.0 Å². The monoisotopic (exact) mass is 336 g/mol. The highest BCUT2D eigenvalue weighted by molar-refractivity contribution is 6.33. The summed E-state index contributed by atoms with van der Waals surface area (Å²) in [5, 5.41) is 13.5. The van der Waals surface area contributed by atoms with Crippen molar-refractivity contribution in [1.29, 1.82) is 0 Å². The molecule has 1 aliphatic heterocycles. The Hall–Kier alpha value is -2.12. The number of piperazine rings is 1. The van der Waals surface area contributed by atoms with Crippen LogP contribution in [0.1, 0.15) is 11.4 Å². The average molecular weight is 337 g/mol. The molecule has 0 radical (unpaired) electrons. The van der Waals surface area contributed by atoms with Gasteiger partial charge in [0.15, 0.2) is 5.82 Å². The zero-order valence-electron chi connectivity index (χ0n) is 12.7. The van der Waals surface area contributed by atoms with Crippen LogP contribution in [0.4, 0.5) is 4.79 Å². The quantitative estimate of drug-likeness (QED) is 0.927. The predicted octanol–water partition coefficient (Wildman–Crippen LogP) is 2.49. The van der Waals surface area contributed by atoms with Gasteiger partial charge in [0.2, 0.25) is 0 Å². The van der Waals surface area contributed by atoms with E-state index in [-0.39, 0.29) is 0 Å². The summed E-state index contributed by atoms with van der Waals surface area (Å²) < 4.78 is 5.31. The lowest BCUT2D eigenvalue weighted by Crippen LogP contribution is -2.47. The molecular weight excluding hydrogens is 320 g/mol. The first kappa shape index (κ1) is 15.8. The van der Waals surface area contributed by atoms with Crippen LogP contribution in [-0.4, -0.2) is 57.3 Å². The topological polar surface area (TPSA) is 82.7 Å². The number of carboxylic acid groups (broad SMARTS) is 1. The fourth-order valence-electron chi connectivity index (χ4n) is 2.53. The summed E-state index contributed by atoms with van der Waals surface area (Å²) in [4.78, 5) is 18.8. The summed E-state index contributed by atoms with van der Waals surface area (Å²) in [5.74, 6) is 0.971. The van der Waals surface area contributed by atoms with Crippen molar-refractivity contribution in [2.75, 3.05) is 26.2 Å². The van der Waals surface area contributed by atoms with Crippen molar-refractivity contribution in [3.63, 3.8) is 0 Å². The summed E-state index contributed by atoms with van der Waals surface area (Å²) in [5.41, 5.74) is 1.79. The second kappa shape index (κ2) is 6.55. The Morgan fingerprint density at radius 1 is 1.35 bits per heavy atom. The molecule has 8 heteroatoms. The van der Waals surface area contributed by atoms with Crippen molar-refractivity contribution < 1.29 is 14.4 Å². The molecule has 1 aromatic heterocycles. The molecule has 1 aromatic carbocycles. The molecule has 0 spiro atoms. The van der Waals surface area contributed by atoms with Crippen molar-refractivity contribution in [3.8, 4) is 11.5 Å². The van der Waals surface area contributed by atoms with E-state index in [0.29, 0.717) is 49.5 Å². The number of rotatable bonds is 3. The van der Waals surface area contributed by atoms with Crippen LogP contribution in [-0.2, 0) is 6.54 Å². The highest BCUT2D eigenvalue weighted by Crippen LogP contribution is 2.27.